The second-order valence-corrected chi connectivity index (χ2v) is 3.81. The van der Waals surface area contributed by atoms with Crippen LogP contribution in [0.15, 0.2) is 18.5 Å². The van der Waals surface area contributed by atoms with Crippen LogP contribution in [0.2, 0.25) is 5.02 Å². The topological polar surface area (TPSA) is 24.9 Å². The zero-order chi connectivity index (χ0) is 9.10. The summed E-state index contributed by atoms with van der Waals surface area (Å²) in [5.74, 6) is 0. The summed E-state index contributed by atoms with van der Waals surface area (Å²) in [6.07, 6.45) is 7.32. The van der Waals surface area contributed by atoms with Crippen molar-refractivity contribution in [3.05, 3.63) is 29.0 Å². The van der Waals surface area contributed by atoms with Gasteiger partial charge in [-0.1, -0.05) is 18.0 Å². The fourth-order valence-electron chi connectivity index (χ4n) is 1.76. The van der Waals surface area contributed by atoms with E-state index in [0.29, 0.717) is 6.04 Å². The number of hydrogen-bond acceptors (Lipinski definition) is 2. The third-order valence-electron chi connectivity index (χ3n) is 2.48. The van der Waals surface area contributed by atoms with E-state index in [1.807, 2.05) is 12.3 Å². The van der Waals surface area contributed by atoms with Crippen LogP contribution in [0.1, 0.15) is 30.9 Å². The van der Waals surface area contributed by atoms with Gasteiger partial charge in [0.15, 0.2) is 0 Å². The van der Waals surface area contributed by atoms with Crippen molar-refractivity contribution in [3.8, 4) is 0 Å². The molecule has 1 aromatic rings. The van der Waals surface area contributed by atoms with Crippen LogP contribution < -0.4 is 5.32 Å². The van der Waals surface area contributed by atoms with Gasteiger partial charge in [-0.05, 0) is 25.5 Å². The second-order valence-electron chi connectivity index (χ2n) is 3.40. The maximum Gasteiger partial charge on any atom is 0.0484 e. The van der Waals surface area contributed by atoms with Gasteiger partial charge in [0.25, 0.3) is 0 Å². The summed E-state index contributed by atoms with van der Waals surface area (Å²) < 4.78 is 0. The molecule has 0 spiro atoms. The Kier molecular flexibility index (Phi) is 2.81. The van der Waals surface area contributed by atoms with Gasteiger partial charge < -0.3 is 5.32 Å². The number of nitrogens with one attached hydrogen (secondary N) is 1. The molecule has 1 atom stereocenters. The molecular formula is C10H13ClN2. The molecule has 0 bridgehead atoms. The standard InChI is InChI=1S/C10H13ClN2/c11-9-4-6-12-7-8(9)10-3-1-2-5-13-10/h4,6-7,10,13H,1-3,5H2/t10-/m1/s1. The average molecular weight is 197 g/mol. The monoisotopic (exact) mass is 196 g/mol. The van der Waals surface area contributed by atoms with Gasteiger partial charge in [0, 0.05) is 29.0 Å². The van der Waals surface area contributed by atoms with E-state index in [9.17, 15) is 0 Å². The number of rotatable bonds is 1. The molecule has 0 unspecified atom stereocenters. The van der Waals surface area contributed by atoms with Gasteiger partial charge in [-0.3, -0.25) is 4.98 Å². The van der Waals surface area contributed by atoms with Gasteiger partial charge in [0.05, 0.1) is 0 Å². The maximum atomic E-state index is 6.08. The average Bonchev–Trinajstić information content (AvgIpc) is 2.20. The lowest BCUT2D eigenvalue weighted by Crippen LogP contribution is -2.27. The number of halogens is 1. The Hall–Kier alpha value is -0.600. The van der Waals surface area contributed by atoms with E-state index in [1.165, 1.54) is 19.3 Å². The van der Waals surface area contributed by atoms with Crippen LogP contribution in [0.4, 0.5) is 0 Å². The molecule has 0 saturated carbocycles. The number of nitrogens with zero attached hydrogens (tertiary/aromatic N) is 1. The Morgan fingerprint density at radius 1 is 1.46 bits per heavy atom. The Bertz CT molecular complexity index is 282. The lowest BCUT2D eigenvalue weighted by molar-refractivity contribution is 0.411. The van der Waals surface area contributed by atoms with Crippen LogP contribution in [0, 0.1) is 0 Å². The smallest absolute Gasteiger partial charge is 0.0484 e. The van der Waals surface area contributed by atoms with E-state index in [1.54, 1.807) is 6.20 Å². The van der Waals surface area contributed by atoms with Gasteiger partial charge in [-0.25, -0.2) is 0 Å². The van der Waals surface area contributed by atoms with Gasteiger partial charge in [-0.15, -0.1) is 0 Å². The fraction of sp³-hybridized carbons (Fsp3) is 0.500. The van der Waals surface area contributed by atoms with Gasteiger partial charge >= 0.3 is 0 Å². The molecule has 0 aromatic carbocycles. The second kappa shape index (κ2) is 4.07. The highest BCUT2D eigenvalue weighted by molar-refractivity contribution is 6.31. The molecule has 2 rings (SSSR count). The predicted molar refractivity (Wildman–Crippen MR) is 53.8 cm³/mol. The molecule has 0 amide bonds. The molecular weight excluding hydrogens is 184 g/mol. The number of pyridine rings is 1. The Balaban J connectivity index is 2.18. The van der Waals surface area contributed by atoms with Crippen molar-refractivity contribution >= 4 is 11.6 Å². The van der Waals surface area contributed by atoms with Crippen molar-refractivity contribution in [2.75, 3.05) is 6.54 Å². The third kappa shape index (κ3) is 2.01. The van der Waals surface area contributed by atoms with Crippen LogP contribution >= 0.6 is 11.6 Å². The highest BCUT2D eigenvalue weighted by atomic mass is 35.5. The fourth-order valence-corrected chi connectivity index (χ4v) is 2.00. The minimum Gasteiger partial charge on any atom is -0.310 e. The summed E-state index contributed by atoms with van der Waals surface area (Å²) in [4.78, 5) is 4.10. The summed E-state index contributed by atoms with van der Waals surface area (Å²) in [5.41, 5.74) is 1.14. The molecule has 1 aromatic heterocycles. The number of aromatic nitrogens is 1. The van der Waals surface area contributed by atoms with Gasteiger partial charge in [0.2, 0.25) is 0 Å². The Morgan fingerprint density at radius 2 is 2.38 bits per heavy atom. The van der Waals surface area contributed by atoms with E-state index in [2.05, 4.69) is 10.3 Å². The zero-order valence-electron chi connectivity index (χ0n) is 7.46. The molecule has 13 heavy (non-hydrogen) atoms. The van der Waals surface area contributed by atoms with Crippen molar-refractivity contribution in [3.63, 3.8) is 0 Å². The summed E-state index contributed by atoms with van der Waals surface area (Å²) in [7, 11) is 0. The largest absolute Gasteiger partial charge is 0.310 e. The summed E-state index contributed by atoms with van der Waals surface area (Å²) in [5, 5.41) is 4.28. The van der Waals surface area contributed by atoms with E-state index in [4.69, 9.17) is 11.6 Å². The summed E-state index contributed by atoms with van der Waals surface area (Å²) >= 11 is 6.08. The molecule has 1 N–H and O–H groups in total. The van der Waals surface area contributed by atoms with Gasteiger partial charge in [0.1, 0.15) is 0 Å². The quantitative estimate of drug-likeness (QED) is 0.747. The highest BCUT2D eigenvalue weighted by Gasteiger charge is 2.16. The molecule has 3 heteroatoms. The first-order valence-corrected chi connectivity index (χ1v) is 5.08. The van der Waals surface area contributed by atoms with Crippen LogP contribution in [0.25, 0.3) is 0 Å². The van der Waals surface area contributed by atoms with E-state index < -0.39 is 0 Å². The summed E-state index contributed by atoms with van der Waals surface area (Å²) in [6.45, 7) is 1.09. The molecule has 0 radical (unpaired) electrons. The minimum atomic E-state index is 0.412. The first-order chi connectivity index (χ1) is 6.38. The molecule has 2 heterocycles. The first kappa shape index (κ1) is 8.97. The van der Waals surface area contributed by atoms with Crippen molar-refractivity contribution in [1.29, 1.82) is 0 Å². The molecule has 1 aliphatic heterocycles. The minimum absolute atomic E-state index is 0.412. The van der Waals surface area contributed by atoms with E-state index in [0.717, 1.165) is 17.1 Å². The van der Waals surface area contributed by atoms with Crippen LogP contribution in [0.3, 0.4) is 0 Å². The van der Waals surface area contributed by atoms with E-state index in [-0.39, 0.29) is 0 Å². The molecule has 70 valence electrons. The Labute approximate surface area is 83.3 Å². The molecule has 2 nitrogen and oxygen atoms in total. The van der Waals surface area contributed by atoms with Crippen LogP contribution in [0.5, 0.6) is 0 Å². The van der Waals surface area contributed by atoms with E-state index >= 15 is 0 Å². The molecule has 1 saturated heterocycles. The highest BCUT2D eigenvalue weighted by Crippen LogP contribution is 2.27. The van der Waals surface area contributed by atoms with Crippen LogP contribution in [-0.4, -0.2) is 11.5 Å². The summed E-state index contributed by atoms with van der Waals surface area (Å²) in [6, 6.07) is 2.27. The van der Waals surface area contributed by atoms with Gasteiger partial charge in [-0.2, -0.15) is 0 Å². The van der Waals surface area contributed by atoms with Crippen molar-refractivity contribution in [1.82, 2.24) is 10.3 Å². The molecule has 1 fully saturated rings. The normalized spacial score (nSPS) is 23.0. The number of hydrogen-bond donors (Lipinski definition) is 1. The lowest BCUT2D eigenvalue weighted by atomic mass is 9.99. The SMILES string of the molecule is Clc1ccncc1[C@H]1CCCCN1. The maximum absolute atomic E-state index is 6.08. The van der Waals surface area contributed by atoms with Crippen molar-refractivity contribution in [2.45, 2.75) is 25.3 Å². The third-order valence-corrected chi connectivity index (χ3v) is 2.83. The first-order valence-electron chi connectivity index (χ1n) is 4.71. The van der Waals surface area contributed by atoms with Crippen LogP contribution in [-0.2, 0) is 0 Å². The van der Waals surface area contributed by atoms with Crippen molar-refractivity contribution < 1.29 is 0 Å². The Morgan fingerprint density at radius 3 is 3.08 bits per heavy atom. The van der Waals surface area contributed by atoms with Crippen molar-refractivity contribution in [2.24, 2.45) is 0 Å². The molecule has 1 aliphatic rings. The predicted octanol–water partition coefficient (Wildman–Crippen LogP) is 2.55. The molecule has 0 aliphatic carbocycles. The number of piperidine rings is 1. The lowest BCUT2D eigenvalue weighted by Gasteiger charge is -2.24. The zero-order valence-corrected chi connectivity index (χ0v) is 8.22.